The first-order valence-electron chi connectivity index (χ1n) is 10.1. The molecule has 154 valence electrons. The minimum absolute atomic E-state index is 0.0481. The van der Waals surface area contributed by atoms with Crippen LogP contribution in [0.3, 0.4) is 0 Å². The maximum Gasteiger partial charge on any atom is 0.265 e. The molecule has 3 rings (SSSR count). The van der Waals surface area contributed by atoms with Crippen molar-refractivity contribution in [3.05, 3.63) is 95.6 Å². The minimum Gasteiger partial charge on any atom is -0.484 e. The van der Waals surface area contributed by atoms with E-state index in [9.17, 15) is 9.59 Å². The summed E-state index contributed by atoms with van der Waals surface area (Å²) in [4.78, 5) is 25.9. The van der Waals surface area contributed by atoms with E-state index < -0.39 is 0 Å². The van der Waals surface area contributed by atoms with Gasteiger partial charge in [0.2, 0.25) is 0 Å². The fourth-order valence-corrected chi connectivity index (χ4v) is 3.11. The van der Waals surface area contributed by atoms with Crippen molar-refractivity contribution >= 4 is 17.4 Å². The molecule has 0 saturated carbocycles. The molecule has 0 bridgehead atoms. The van der Waals surface area contributed by atoms with E-state index in [1.807, 2.05) is 85.8 Å². The highest BCUT2D eigenvalue weighted by molar-refractivity contribution is 5.94. The van der Waals surface area contributed by atoms with E-state index in [0.29, 0.717) is 25.1 Å². The molecule has 0 aliphatic rings. The van der Waals surface area contributed by atoms with Gasteiger partial charge in [-0.15, -0.1) is 0 Å². The third-order valence-corrected chi connectivity index (χ3v) is 4.88. The number of nitrogens with zero attached hydrogens (tertiary/aromatic N) is 1. The number of Topliss-reactive ketones (excluding diaryl/α,β-unsaturated/α-hetero) is 1. The number of aryl methyl sites for hydroxylation is 2. The van der Waals surface area contributed by atoms with E-state index in [4.69, 9.17) is 4.74 Å². The Bertz CT molecular complexity index is 963. The molecule has 0 N–H and O–H groups in total. The molecule has 3 aromatic carbocycles. The van der Waals surface area contributed by atoms with E-state index in [1.54, 1.807) is 11.8 Å². The van der Waals surface area contributed by atoms with E-state index in [2.05, 4.69) is 0 Å². The first kappa shape index (κ1) is 21.3. The summed E-state index contributed by atoms with van der Waals surface area (Å²) >= 11 is 0. The van der Waals surface area contributed by atoms with Gasteiger partial charge in [-0.2, -0.15) is 0 Å². The van der Waals surface area contributed by atoms with Crippen LogP contribution in [0.1, 0.15) is 30.0 Å². The number of carbonyl (C=O) groups is 2. The van der Waals surface area contributed by atoms with E-state index >= 15 is 0 Å². The van der Waals surface area contributed by atoms with Crippen molar-refractivity contribution in [2.75, 3.05) is 11.5 Å². The molecule has 0 aliphatic heterocycles. The normalized spacial score (nSPS) is 10.5. The number of rotatable bonds is 9. The maximum atomic E-state index is 13.0. The smallest absolute Gasteiger partial charge is 0.265 e. The molecule has 30 heavy (non-hydrogen) atoms. The van der Waals surface area contributed by atoms with Gasteiger partial charge in [-0.1, -0.05) is 60.2 Å². The lowest BCUT2D eigenvalue weighted by Crippen LogP contribution is -2.34. The summed E-state index contributed by atoms with van der Waals surface area (Å²) in [7, 11) is 0. The average Bonchev–Trinajstić information content (AvgIpc) is 2.76. The van der Waals surface area contributed by atoms with Gasteiger partial charge in [0.15, 0.2) is 6.61 Å². The molecule has 0 spiro atoms. The van der Waals surface area contributed by atoms with Crippen LogP contribution in [-0.4, -0.2) is 18.3 Å². The number of carbonyl (C=O) groups excluding carboxylic acids is 2. The number of hydrogen-bond donors (Lipinski definition) is 0. The van der Waals surface area contributed by atoms with E-state index in [-0.39, 0.29) is 18.3 Å². The van der Waals surface area contributed by atoms with Crippen molar-refractivity contribution in [3.63, 3.8) is 0 Å². The Balaban J connectivity index is 1.67. The van der Waals surface area contributed by atoms with E-state index in [1.165, 1.54) is 0 Å². The van der Waals surface area contributed by atoms with Crippen molar-refractivity contribution in [3.8, 4) is 5.75 Å². The zero-order valence-electron chi connectivity index (χ0n) is 17.5. The van der Waals surface area contributed by atoms with Crippen molar-refractivity contribution in [2.24, 2.45) is 0 Å². The second kappa shape index (κ2) is 10.4. The number of ketones is 1. The molecule has 0 fully saturated rings. The summed E-state index contributed by atoms with van der Waals surface area (Å²) in [6.45, 7) is 4.05. The SMILES string of the molecule is CC(=O)CCc1ccc(OCC(=O)N(Cc2ccccc2)c2ccc(C)cc2)cc1. The van der Waals surface area contributed by atoms with Gasteiger partial charge < -0.3 is 14.4 Å². The maximum absolute atomic E-state index is 13.0. The van der Waals surface area contributed by atoms with Gasteiger partial charge in [-0.05, 0) is 55.7 Å². The van der Waals surface area contributed by atoms with Crippen LogP contribution in [0.4, 0.5) is 5.69 Å². The van der Waals surface area contributed by atoms with Crippen molar-refractivity contribution in [2.45, 2.75) is 33.2 Å². The lowest BCUT2D eigenvalue weighted by Gasteiger charge is -2.23. The van der Waals surface area contributed by atoms with Crippen LogP contribution in [0, 0.1) is 6.92 Å². The molecule has 0 heterocycles. The van der Waals surface area contributed by atoms with Crippen LogP contribution in [0.2, 0.25) is 0 Å². The summed E-state index contributed by atoms with van der Waals surface area (Å²) in [5, 5.41) is 0. The minimum atomic E-state index is -0.108. The van der Waals surface area contributed by atoms with Gasteiger partial charge >= 0.3 is 0 Å². The highest BCUT2D eigenvalue weighted by atomic mass is 16.5. The van der Waals surface area contributed by atoms with Gasteiger partial charge in [-0.25, -0.2) is 0 Å². The molecule has 0 saturated heterocycles. The molecule has 4 nitrogen and oxygen atoms in total. The number of amides is 1. The Labute approximate surface area is 178 Å². The molecule has 0 radical (unpaired) electrons. The van der Waals surface area contributed by atoms with Crippen LogP contribution in [0.15, 0.2) is 78.9 Å². The summed E-state index contributed by atoms with van der Waals surface area (Å²) < 4.78 is 5.75. The monoisotopic (exact) mass is 401 g/mol. The van der Waals surface area contributed by atoms with Crippen LogP contribution in [0.5, 0.6) is 5.75 Å². The van der Waals surface area contributed by atoms with Crippen molar-refractivity contribution in [1.29, 1.82) is 0 Å². The zero-order valence-corrected chi connectivity index (χ0v) is 17.5. The van der Waals surface area contributed by atoms with Crippen molar-refractivity contribution in [1.82, 2.24) is 0 Å². The molecule has 1 amide bonds. The highest BCUT2D eigenvalue weighted by Gasteiger charge is 2.17. The zero-order chi connectivity index (χ0) is 21.3. The fourth-order valence-electron chi connectivity index (χ4n) is 3.11. The van der Waals surface area contributed by atoms with Crippen LogP contribution in [-0.2, 0) is 22.6 Å². The first-order valence-corrected chi connectivity index (χ1v) is 10.1. The summed E-state index contributed by atoms with van der Waals surface area (Å²) in [6, 6.07) is 25.4. The second-order valence-corrected chi connectivity index (χ2v) is 7.44. The van der Waals surface area contributed by atoms with Gasteiger partial charge in [-0.3, -0.25) is 4.79 Å². The number of ether oxygens (including phenoxy) is 1. The Morgan fingerprint density at radius 1 is 0.833 bits per heavy atom. The quantitative estimate of drug-likeness (QED) is 0.499. The lowest BCUT2D eigenvalue weighted by atomic mass is 10.1. The summed E-state index contributed by atoms with van der Waals surface area (Å²) in [5.74, 6) is 0.706. The molecule has 0 aliphatic carbocycles. The number of hydrogen-bond acceptors (Lipinski definition) is 3. The molecule has 0 atom stereocenters. The Morgan fingerprint density at radius 2 is 1.50 bits per heavy atom. The molecular weight excluding hydrogens is 374 g/mol. The van der Waals surface area contributed by atoms with Gasteiger partial charge in [0.25, 0.3) is 5.91 Å². The predicted molar refractivity (Wildman–Crippen MR) is 120 cm³/mol. The Morgan fingerprint density at radius 3 is 2.13 bits per heavy atom. The Kier molecular flexibility index (Phi) is 7.39. The fraction of sp³-hybridized carbons (Fsp3) is 0.231. The molecule has 0 unspecified atom stereocenters. The van der Waals surface area contributed by atoms with Gasteiger partial charge in [0.05, 0.1) is 6.54 Å². The first-order chi connectivity index (χ1) is 14.5. The predicted octanol–water partition coefficient (Wildman–Crippen LogP) is 5.13. The molecule has 3 aromatic rings. The van der Waals surface area contributed by atoms with E-state index in [0.717, 1.165) is 22.4 Å². The summed E-state index contributed by atoms with van der Waals surface area (Å²) in [5.41, 5.74) is 4.13. The molecular formula is C26H27NO3. The molecule has 0 aromatic heterocycles. The van der Waals surface area contributed by atoms with Gasteiger partial charge in [0.1, 0.15) is 11.5 Å². The van der Waals surface area contributed by atoms with Crippen LogP contribution >= 0.6 is 0 Å². The Hall–Kier alpha value is -3.40. The molecule has 4 heteroatoms. The van der Waals surface area contributed by atoms with Crippen LogP contribution < -0.4 is 9.64 Å². The van der Waals surface area contributed by atoms with Crippen molar-refractivity contribution < 1.29 is 14.3 Å². The highest BCUT2D eigenvalue weighted by Crippen LogP contribution is 2.20. The average molecular weight is 402 g/mol. The second-order valence-electron chi connectivity index (χ2n) is 7.44. The lowest BCUT2D eigenvalue weighted by molar-refractivity contribution is -0.120. The third-order valence-electron chi connectivity index (χ3n) is 4.88. The largest absolute Gasteiger partial charge is 0.484 e. The standard InChI is InChI=1S/C26H27NO3/c1-20-8-14-24(15-9-20)27(18-23-6-4-3-5-7-23)26(29)19-30-25-16-12-22(13-17-25)11-10-21(2)28/h3-9,12-17H,10-11,18-19H2,1-2H3. The van der Waals surface area contributed by atoms with Crippen LogP contribution in [0.25, 0.3) is 0 Å². The van der Waals surface area contributed by atoms with Gasteiger partial charge in [0, 0.05) is 12.1 Å². The summed E-state index contributed by atoms with van der Waals surface area (Å²) in [6.07, 6.45) is 1.25. The number of benzene rings is 3. The topological polar surface area (TPSA) is 46.6 Å². The third kappa shape index (κ3) is 6.31. The number of anilines is 1.